The van der Waals surface area contributed by atoms with E-state index in [0.29, 0.717) is 12.5 Å². The van der Waals surface area contributed by atoms with Crippen molar-refractivity contribution in [2.75, 3.05) is 19.7 Å². The number of rotatable bonds is 5. The van der Waals surface area contributed by atoms with Gasteiger partial charge >= 0.3 is 0 Å². The number of nitrogens with zero attached hydrogens (tertiary/aromatic N) is 1. The SMILES string of the molecule is CCOc1cccc(Cc2nc(C)c(C3CCNCC3)s2)c1. The summed E-state index contributed by atoms with van der Waals surface area (Å²) in [5.74, 6) is 1.65. The fourth-order valence-electron chi connectivity index (χ4n) is 3.09. The van der Waals surface area contributed by atoms with Crippen molar-refractivity contribution < 1.29 is 4.74 Å². The number of aromatic nitrogens is 1. The third-order valence-corrected chi connectivity index (χ3v) is 5.47. The van der Waals surface area contributed by atoms with Crippen LogP contribution in [0.5, 0.6) is 5.75 Å². The minimum absolute atomic E-state index is 0.697. The molecule has 3 rings (SSSR count). The lowest BCUT2D eigenvalue weighted by atomic mass is 9.96. The molecular formula is C18H24N2OS. The molecule has 1 saturated heterocycles. The van der Waals surface area contributed by atoms with Crippen LogP contribution in [0.2, 0.25) is 0 Å². The molecule has 0 amide bonds. The molecule has 2 heterocycles. The summed E-state index contributed by atoms with van der Waals surface area (Å²) in [6, 6.07) is 8.36. The number of piperidine rings is 1. The van der Waals surface area contributed by atoms with E-state index in [2.05, 4.69) is 30.4 Å². The predicted octanol–water partition coefficient (Wildman–Crippen LogP) is 3.91. The Bertz CT molecular complexity index is 617. The normalized spacial score (nSPS) is 15.9. The average Bonchev–Trinajstić information content (AvgIpc) is 2.89. The second-order valence-electron chi connectivity index (χ2n) is 5.84. The summed E-state index contributed by atoms with van der Waals surface area (Å²) in [6.45, 7) is 7.15. The zero-order valence-electron chi connectivity index (χ0n) is 13.4. The van der Waals surface area contributed by atoms with Crippen molar-refractivity contribution in [2.24, 2.45) is 0 Å². The van der Waals surface area contributed by atoms with Gasteiger partial charge in [-0.25, -0.2) is 4.98 Å². The number of aryl methyl sites for hydroxylation is 1. The van der Waals surface area contributed by atoms with Crippen LogP contribution in [-0.4, -0.2) is 24.7 Å². The highest BCUT2D eigenvalue weighted by atomic mass is 32.1. The molecule has 4 heteroatoms. The summed E-state index contributed by atoms with van der Waals surface area (Å²) in [5.41, 5.74) is 2.50. The Morgan fingerprint density at radius 1 is 1.32 bits per heavy atom. The Kier molecular flexibility index (Phi) is 5.11. The van der Waals surface area contributed by atoms with Crippen molar-refractivity contribution in [2.45, 2.75) is 39.0 Å². The van der Waals surface area contributed by atoms with Crippen LogP contribution in [0.25, 0.3) is 0 Å². The van der Waals surface area contributed by atoms with Crippen LogP contribution in [0.1, 0.15) is 46.8 Å². The van der Waals surface area contributed by atoms with E-state index in [4.69, 9.17) is 9.72 Å². The number of ether oxygens (including phenoxy) is 1. The van der Waals surface area contributed by atoms with E-state index in [9.17, 15) is 0 Å². The molecule has 1 fully saturated rings. The van der Waals surface area contributed by atoms with Crippen molar-refractivity contribution in [3.63, 3.8) is 0 Å². The highest BCUT2D eigenvalue weighted by Crippen LogP contribution is 2.33. The van der Waals surface area contributed by atoms with E-state index >= 15 is 0 Å². The lowest BCUT2D eigenvalue weighted by Gasteiger charge is -2.21. The molecule has 2 aromatic rings. The Morgan fingerprint density at radius 2 is 2.14 bits per heavy atom. The molecule has 3 nitrogen and oxygen atoms in total. The molecule has 0 saturated carbocycles. The van der Waals surface area contributed by atoms with Gasteiger partial charge in [-0.1, -0.05) is 12.1 Å². The van der Waals surface area contributed by atoms with Crippen LogP contribution in [0.3, 0.4) is 0 Å². The number of hydrogen-bond acceptors (Lipinski definition) is 4. The summed E-state index contributed by atoms with van der Waals surface area (Å²) >= 11 is 1.90. The largest absolute Gasteiger partial charge is 0.494 e. The van der Waals surface area contributed by atoms with Crippen molar-refractivity contribution >= 4 is 11.3 Å². The van der Waals surface area contributed by atoms with E-state index in [-0.39, 0.29) is 0 Å². The summed E-state index contributed by atoms with van der Waals surface area (Å²) < 4.78 is 5.58. The first kappa shape index (κ1) is 15.5. The van der Waals surface area contributed by atoms with Crippen LogP contribution in [-0.2, 0) is 6.42 Å². The standard InChI is InChI=1S/C18H24N2OS/c1-3-21-16-6-4-5-14(11-16)12-17-20-13(2)18(22-17)15-7-9-19-10-8-15/h4-6,11,15,19H,3,7-10,12H2,1-2H3. The van der Waals surface area contributed by atoms with Gasteiger partial charge in [-0.05, 0) is 63.4 Å². The summed E-state index contributed by atoms with van der Waals surface area (Å²) in [7, 11) is 0. The third-order valence-electron chi connectivity index (χ3n) is 4.15. The summed E-state index contributed by atoms with van der Waals surface area (Å²) in [5, 5.41) is 4.66. The van der Waals surface area contributed by atoms with Crippen LogP contribution in [0.15, 0.2) is 24.3 Å². The molecule has 1 aliphatic rings. The number of thiazole rings is 1. The molecule has 1 aliphatic heterocycles. The van der Waals surface area contributed by atoms with Crippen LogP contribution in [0.4, 0.5) is 0 Å². The Labute approximate surface area is 136 Å². The predicted molar refractivity (Wildman–Crippen MR) is 92.1 cm³/mol. The highest BCUT2D eigenvalue weighted by Gasteiger charge is 2.20. The lowest BCUT2D eigenvalue weighted by molar-refractivity contribution is 0.340. The Balaban J connectivity index is 1.74. The second-order valence-corrected chi connectivity index (χ2v) is 6.95. The monoisotopic (exact) mass is 316 g/mol. The van der Waals surface area contributed by atoms with Gasteiger partial charge in [-0.2, -0.15) is 0 Å². The van der Waals surface area contributed by atoms with Crippen LogP contribution >= 0.6 is 11.3 Å². The van der Waals surface area contributed by atoms with E-state index in [0.717, 1.165) is 25.3 Å². The minimum Gasteiger partial charge on any atom is -0.494 e. The fraction of sp³-hybridized carbons (Fsp3) is 0.500. The van der Waals surface area contributed by atoms with Crippen LogP contribution in [0, 0.1) is 6.92 Å². The van der Waals surface area contributed by atoms with Crippen molar-refractivity contribution in [1.29, 1.82) is 0 Å². The molecule has 118 valence electrons. The molecule has 22 heavy (non-hydrogen) atoms. The summed E-state index contributed by atoms with van der Waals surface area (Å²) in [6.07, 6.45) is 3.38. The molecule has 0 unspecified atom stereocenters. The number of hydrogen-bond donors (Lipinski definition) is 1. The van der Waals surface area contributed by atoms with E-state index < -0.39 is 0 Å². The molecule has 0 atom stereocenters. The van der Waals surface area contributed by atoms with Gasteiger partial charge in [0.2, 0.25) is 0 Å². The van der Waals surface area contributed by atoms with Gasteiger partial charge in [0, 0.05) is 11.3 Å². The average molecular weight is 316 g/mol. The van der Waals surface area contributed by atoms with Gasteiger partial charge in [0.1, 0.15) is 5.75 Å². The molecule has 0 bridgehead atoms. The van der Waals surface area contributed by atoms with Crippen LogP contribution < -0.4 is 10.1 Å². The maximum absolute atomic E-state index is 5.58. The molecule has 1 aromatic carbocycles. The quantitative estimate of drug-likeness (QED) is 0.908. The molecule has 0 aliphatic carbocycles. The lowest BCUT2D eigenvalue weighted by Crippen LogP contribution is -2.26. The van der Waals surface area contributed by atoms with Gasteiger partial charge in [0.15, 0.2) is 0 Å². The first-order valence-electron chi connectivity index (χ1n) is 8.15. The maximum Gasteiger partial charge on any atom is 0.119 e. The molecule has 1 aromatic heterocycles. The van der Waals surface area contributed by atoms with Crippen molar-refractivity contribution in [3.05, 3.63) is 45.4 Å². The highest BCUT2D eigenvalue weighted by molar-refractivity contribution is 7.11. The zero-order valence-corrected chi connectivity index (χ0v) is 14.2. The van der Waals surface area contributed by atoms with Crippen molar-refractivity contribution in [1.82, 2.24) is 10.3 Å². The van der Waals surface area contributed by atoms with Gasteiger partial charge in [-0.15, -0.1) is 11.3 Å². The van der Waals surface area contributed by atoms with Gasteiger partial charge < -0.3 is 10.1 Å². The van der Waals surface area contributed by atoms with E-state index in [1.54, 1.807) is 0 Å². The molecule has 0 radical (unpaired) electrons. The third kappa shape index (κ3) is 3.68. The topological polar surface area (TPSA) is 34.1 Å². The molecular weight excluding hydrogens is 292 g/mol. The zero-order chi connectivity index (χ0) is 15.4. The second kappa shape index (κ2) is 7.25. The first-order chi connectivity index (χ1) is 10.8. The van der Waals surface area contributed by atoms with E-state index in [1.807, 2.05) is 24.3 Å². The van der Waals surface area contributed by atoms with Gasteiger partial charge in [0.25, 0.3) is 0 Å². The van der Waals surface area contributed by atoms with Gasteiger partial charge in [-0.3, -0.25) is 0 Å². The fourth-order valence-corrected chi connectivity index (χ4v) is 4.36. The summed E-state index contributed by atoms with van der Waals surface area (Å²) in [4.78, 5) is 6.31. The minimum atomic E-state index is 0.697. The van der Waals surface area contributed by atoms with Crippen molar-refractivity contribution in [3.8, 4) is 5.75 Å². The molecule has 0 spiro atoms. The molecule has 1 N–H and O–H groups in total. The van der Waals surface area contributed by atoms with Gasteiger partial charge in [0.05, 0.1) is 17.3 Å². The smallest absolute Gasteiger partial charge is 0.119 e. The Morgan fingerprint density at radius 3 is 2.91 bits per heavy atom. The Hall–Kier alpha value is -1.39. The number of nitrogens with one attached hydrogen (secondary N) is 1. The maximum atomic E-state index is 5.58. The van der Waals surface area contributed by atoms with E-state index in [1.165, 1.54) is 34.0 Å². The number of benzene rings is 1. The first-order valence-corrected chi connectivity index (χ1v) is 8.96.